The van der Waals surface area contributed by atoms with Crippen LogP contribution in [0.15, 0.2) is 70.7 Å². The molecule has 0 unspecified atom stereocenters. The third-order valence-electron chi connectivity index (χ3n) is 3.35. The average Bonchev–Trinajstić information content (AvgIpc) is 2.62. The molecule has 0 bridgehead atoms. The molecule has 1 heterocycles. The molecule has 3 aromatic rings. The van der Waals surface area contributed by atoms with Crippen molar-refractivity contribution in [3.63, 3.8) is 0 Å². The van der Waals surface area contributed by atoms with Crippen LogP contribution in [0.1, 0.15) is 5.56 Å². The molecule has 0 saturated carbocycles. The molecule has 0 atom stereocenters. The van der Waals surface area contributed by atoms with Crippen LogP contribution in [0.3, 0.4) is 0 Å². The van der Waals surface area contributed by atoms with E-state index in [4.69, 9.17) is 39.5 Å². The van der Waals surface area contributed by atoms with Crippen molar-refractivity contribution in [3.8, 4) is 0 Å². The Morgan fingerprint density at radius 2 is 1.70 bits per heavy atom. The first-order chi connectivity index (χ1) is 13.0. The Kier molecular flexibility index (Phi) is 6.85. The number of anilines is 1. The maximum atomic E-state index is 12.1. The van der Waals surface area contributed by atoms with E-state index >= 15 is 0 Å². The Morgan fingerprint density at radius 3 is 2.41 bits per heavy atom. The highest BCUT2D eigenvalue weighted by Gasteiger charge is 2.10. The standard InChI is InChI=1S/C19H13Cl3N2O2S/c20-13-3-5-17(6-4-13)27-18-12(2-1-7-23-18)11-26-19(25)24-16-9-14(21)8-15(22)10-16/h1-10H,11H2,(H,24,25). The summed E-state index contributed by atoms with van der Waals surface area (Å²) in [4.78, 5) is 17.4. The van der Waals surface area contributed by atoms with Gasteiger partial charge < -0.3 is 4.74 Å². The first-order valence-electron chi connectivity index (χ1n) is 7.77. The number of pyridine rings is 1. The minimum atomic E-state index is -0.611. The summed E-state index contributed by atoms with van der Waals surface area (Å²) in [6.07, 6.45) is 1.08. The summed E-state index contributed by atoms with van der Waals surface area (Å²) in [5, 5.41) is 4.86. The van der Waals surface area contributed by atoms with E-state index in [0.29, 0.717) is 20.8 Å². The number of rotatable bonds is 5. The second kappa shape index (κ2) is 9.33. The molecule has 8 heteroatoms. The van der Waals surface area contributed by atoms with Gasteiger partial charge in [-0.3, -0.25) is 5.32 Å². The predicted octanol–water partition coefficient (Wildman–Crippen LogP) is 6.94. The number of nitrogens with one attached hydrogen (secondary N) is 1. The first kappa shape index (κ1) is 19.8. The van der Waals surface area contributed by atoms with E-state index in [0.717, 1.165) is 15.5 Å². The van der Waals surface area contributed by atoms with E-state index in [1.165, 1.54) is 11.8 Å². The molecule has 0 saturated heterocycles. The van der Waals surface area contributed by atoms with Gasteiger partial charge in [0.05, 0.1) is 0 Å². The number of hydrogen-bond acceptors (Lipinski definition) is 4. The van der Waals surface area contributed by atoms with Crippen LogP contribution in [-0.4, -0.2) is 11.1 Å². The van der Waals surface area contributed by atoms with Crippen LogP contribution >= 0.6 is 46.6 Å². The molecule has 3 rings (SSSR count). The summed E-state index contributed by atoms with van der Waals surface area (Å²) in [6.45, 7) is 0.0733. The van der Waals surface area contributed by atoms with Gasteiger partial charge in [-0.05, 0) is 48.5 Å². The van der Waals surface area contributed by atoms with Crippen LogP contribution < -0.4 is 5.32 Å². The maximum absolute atomic E-state index is 12.1. The zero-order valence-electron chi connectivity index (χ0n) is 13.8. The fourth-order valence-electron chi connectivity index (χ4n) is 2.16. The molecule has 2 aromatic carbocycles. The Labute approximate surface area is 175 Å². The van der Waals surface area contributed by atoms with Crippen molar-refractivity contribution < 1.29 is 9.53 Å². The molecule has 0 aliphatic rings. The number of amides is 1. The number of halogens is 3. The third kappa shape index (κ3) is 6.04. The van der Waals surface area contributed by atoms with Gasteiger partial charge in [0.15, 0.2) is 0 Å². The van der Waals surface area contributed by atoms with Crippen molar-refractivity contribution in [3.05, 3.63) is 81.4 Å². The van der Waals surface area contributed by atoms with Crippen LogP contribution in [-0.2, 0) is 11.3 Å². The molecule has 4 nitrogen and oxygen atoms in total. The number of hydrogen-bond donors (Lipinski definition) is 1. The van der Waals surface area contributed by atoms with Gasteiger partial charge in [-0.25, -0.2) is 9.78 Å². The van der Waals surface area contributed by atoms with Gasteiger partial charge in [-0.15, -0.1) is 0 Å². The highest BCUT2D eigenvalue weighted by Crippen LogP contribution is 2.30. The van der Waals surface area contributed by atoms with Gasteiger partial charge in [-0.1, -0.05) is 52.6 Å². The lowest BCUT2D eigenvalue weighted by Gasteiger charge is -2.10. The molecule has 0 radical (unpaired) electrons. The number of aromatic nitrogens is 1. The molecular weight excluding hydrogens is 427 g/mol. The normalized spacial score (nSPS) is 10.5. The number of nitrogens with zero attached hydrogens (tertiary/aromatic N) is 1. The third-order valence-corrected chi connectivity index (χ3v) is 5.10. The van der Waals surface area contributed by atoms with E-state index < -0.39 is 6.09 Å². The minimum Gasteiger partial charge on any atom is -0.444 e. The zero-order valence-corrected chi connectivity index (χ0v) is 16.9. The molecule has 0 aliphatic carbocycles. The highest BCUT2D eigenvalue weighted by molar-refractivity contribution is 7.99. The quantitative estimate of drug-likeness (QED) is 0.467. The van der Waals surface area contributed by atoms with Gasteiger partial charge in [0, 0.05) is 37.4 Å². The summed E-state index contributed by atoms with van der Waals surface area (Å²) in [5.41, 5.74) is 1.25. The Bertz CT molecular complexity index is 932. The fourth-order valence-corrected chi connectivity index (χ4v) is 3.68. The average molecular weight is 440 g/mol. The van der Waals surface area contributed by atoms with Crippen molar-refractivity contribution in [1.82, 2.24) is 4.98 Å². The SMILES string of the molecule is O=C(Nc1cc(Cl)cc(Cl)c1)OCc1cccnc1Sc1ccc(Cl)cc1. The number of carbonyl (C=O) groups excluding carboxylic acids is 1. The molecule has 138 valence electrons. The summed E-state index contributed by atoms with van der Waals surface area (Å²) < 4.78 is 5.30. The van der Waals surface area contributed by atoms with Gasteiger partial charge in [0.25, 0.3) is 0 Å². The second-order valence-corrected chi connectivity index (χ2v) is 7.75. The zero-order chi connectivity index (χ0) is 19.2. The van der Waals surface area contributed by atoms with Gasteiger partial charge in [-0.2, -0.15) is 0 Å². The Morgan fingerprint density at radius 1 is 1.00 bits per heavy atom. The van der Waals surface area contributed by atoms with Crippen LogP contribution in [0.5, 0.6) is 0 Å². The van der Waals surface area contributed by atoms with Gasteiger partial charge >= 0.3 is 6.09 Å². The van der Waals surface area contributed by atoms with Crippen molar-refractivity contribution in [2.75, 3.05) is 5.32 Å². The molecule has 0 spiro atoms. The summed E-state index contributed by atoms with van der Waals surface area (Å²) >= 11 is 19.2. The summed E-state index contributed by atoms with van der Waals surface area (Å²) in [5.74, 6) is 0. The highest BCUT2D eigenvalue weighted by atomic mass is 35.5. The lowest BCUT2D eigenvalue weighted by Crippen LogP contribution is -2.14. The van der Waals surface area contributed by atoms with E-state index in [9.17, 15) is 4.79 Å². The molecule has 1 N–H and O–H groups in total. The Balaban J connectivity index is 1.63. The second-order valence-electron chi connectivity index (χ2n) is 5.38. The van der Waals surface area contributed by atoms with E-state index in [-0.39, 0.29) is 6.61 Å². The number of carbonyl (C=O) groups is 1. The molecule has 1 aromatic heterocycles. The predicted molar refractivity (Wildman–Crippen MR) is 110 cm³/mol. The molecule has 1 amide bonds. The monoisotopic (exact) mass is 438 g/mol. The van der Waals surface area contributed by atoms with Crippen molar-refractivity contribution >= 4 is 58.3 Å². The first-order valence-corrected chi connectivity index (χ1v) is 9.72. The van der Waals surface area contributed by atoms with Gasteiger partial charge in [0.2, 0.25) is 0 Å². The number of ether oxygens (including phenoxy) is 1. The van der Waals surface area contributed by atoms with Crippen LogP contribution in [0.2, 0.25) is 15.1 Å². The lowest BCUT2D eigenvalue weighted by molar-refractivity contribution is 0.154. The largest absolute Gasteiger partial charge is 0.444 e. The van der Waals surface area contributed by atoms with Crippen LogP contribution in [0.4, 0.5) is 10.5 Å². The van der Waals surface area contributed by atoms with Crippen LogP contribution in [0.25, 0.3) is 0 Å². The van der Waals surface area contributed by atoms with Crippen LogP contribution in [0, 0.1) is 0 Å². The summed E-state index contributed by atoms with van der Waals surface area (Å²) in [7, 11) is 0. The smallest absolute Gasteiger partial charge is 0.411 e. The van der Waals surface area contributed by atoms with Crippen molar-refractivity contribution in [2.45, 2.75) is 16.5 Å². The molecule has 27 heavy (non-hydrogen) atoms. The minimum absolute atomic E-state index is 0.0733. The topological polar surface area (TPSA) is 51.2 Å². The Hall–Kier alpha value is -1.92. The van der Waals surface area contributed by atoms with E-state index in [1.54, 1.807) is 30.5 Å². The van der Waals surface area contributed by atoms with E-state index in [2.05, 4.69) is 10.3 Å². The molecule has 0 aliphatic heterocycles. The van der Waals surface area contributed by atoms with Crippen molar-refractivity contribution in [1.29, 1.82) is 0 Å². The number of benzene rings is 2. The maximum Gasteiger partial charge on any atom is 0.411 e. The van der Waals surface area contributed by atoms with Crippen molar-refractivity contribution in [2.24, 2.45) is 0 Å². The molecular formula is C19H13Cl3N2O2S. The lowest BCUT2D eigenvalue weighted by atomic mass is 10.3. The van der Waals surface area contributed by atoms with Gasteiger partial charge in [0.1, 0.15) is 11.6 Å². The molecule has 0 fully saturated rings. The fraction of sp³-hybridized carbons (Fsp3) is 0.0526. The summed E-state index contributed by atoms with van der Waals surface area (Å²) in [6, 6.07) is 15.8. The van der Waals surface area contributed by atoms with E-state index in [1.807, 2.05) is 30.3 Å².